The third-order valence-electron chi connectivity index (χ3n) is 0.452. The average Bonchev–Trinajstić information content (AvgIpc) is 1.61. The van der Waals surface area contributed by atoms with Crippen molar-refractivity contribution in [3.05, 3.63) is 0 Å². The number of hydrogen-bond donors (Lipinski definition) is 3. The van der Waals surface area contributed by atoms with Crippen LogP contribution in [0.25, 0.3) is 0 Å². The van der Waals surface area contributed by atoms with Crippen molar-refractivity contribution in [1.29, 1.82) is 0 Å². The Hall–Kier alpha value is -0.930. The Labute approximate surface area is 48.9 Å². The van der Waals surface area contributed by atoms with Gasteiger partial charge in [0.1, 0.15) is 0 Å². The zero-order valence-corrected chi connectivity index (χ0v) is 5.18. The fourth-order valence-electron chi connectivity index (χ4n) is 0.204. The van der Waals surface area contributed by atoms with Gasteiger partial charge in [-0.3, -0.25) is 0 Å². The Morgan fingerprint density at radius 3 is 2.12 bits per heavy atom. The molecule has 0 unspecified atom stereocenters. The summed E-state index contributed by atoms with van der Waals surface area (Å²) in [6, 6.07) is 0.289. The average molecular weight is 116 g/mol. The van der Waals surface area contributed by atoms with Crippen molar-refractivity contribution in [1.82, 2.24) is 5.43 Å². The van der Waals surface area contributed by atoms with Crippen molar-refractivity contribution in [2.24, 2.45) is 16.6 Å². The molecule has 4 nitrogen and oxygen atoms in total. The van der Waals surface area contributed by atoms with Crippen molar-refractivity contribution >= 4 is 5.96 Å². The number of nitrogens with zero attached hydrogens (tertiary/aromatic N) is 1. The van der Waals surface area contributed by atoms with E-state index in [9.17, 15) is 0 Å². The fourth-order valence-corrected chi connectivity index (χ4v) is 0.204. The van der Waals surface area contributed by atoms with Gasteiger partial charge >= 0.3 is 0 Å². The van der Waals surface area contributed by atoms with Gasteiger partial charge in [-0.15, -0.1) is 5.10 Å². The third-order valence-corrected chi connectivity index (χ3v) is 0.452. The summed E-state index contributed by atoms with van der Waals surface area (Å²) in [5.74, 6) is 0.0682. The van der Waals surface area contributed by atoms with Crippen LogP contribution in [0.5, 0.6) is 0 Å². The molecular formula is C4H12N4. The molecule has 0 saturated carbocycles. The van der Waals surface area contributed by atoms with Crippen LogP contribution in [0.15, 0.2) is 5.10 Å². The molecule has 0 bridgehead atoms. The first kappa shape index (κ1) is 7.07. The van der Waals surface area contributed by atoms with Gasteiger partial charge in [0.2, 0.25) is 5.96 Å². The van der Waals surface area contributed by atoms with Gasteiger partial charge in [0.25, 0.3) is 0 Å². The van der Waals surface area contributed by atoms with Gasteiger partial charge in [-0.05, 0) is 13.8 Å². The van der Waals surface area contributed by atoms with Gasteiger partial charge in [-0.2, -0.15) is 0 Å². The number of guanidine groups is 1. The summed E-state index contributed by atoms with van der Waals surface area (Å²) in [5.41, 5.74) is 12.7. The quantitative estimate of drug-likeness (QED) is 0.250. The molecule has 0 aliphatic carbocycles. The molecule has 0 spiro atoms. The van der Waals surface area contributed by atoms with Crippen molar-refractivity contribution in [3.8, 4) is 0 Å². The molecule has 0 aromatic carbocycles. The number of hydrazone groups is 1. The Kier molecular flexibility index (Phi) is 2.76. The van der Waals surface area contributed by atoms with E-state index in [4.69, 9.17) is 11.5 Å². The molecule has 0 fully saturated rings. The maximum atomic E-state index is 5.01. The van der Waals surface area contributed by atoms with E-state index in [1.165, 1.54) is 0 Å². The Morgan fingerprint density at radius 2 is 2.00 bits per heavy atom. The van der Waals surface area contributed by atoms with Crippen LogP contribution in [0.2, 0.25) is 0 Å². The molecule has 4 heteroatoms. The second-order valence-electron chi connectivity index (χ2n) is 1.82. The summed E-state index contributed by atoms with van der Waals surface area (Å²) in [4.78, 5) is 0. The molecular weight excluding hydrogens is 104 g/mol. The Balaban J connectivity index is 3.29. The number of nitrogens with two attached hydrogens (primary N) is 2. The second-order valence-corrected chi connectivity index (χ2v) is 1.82. The highest BCUT2D eigenvalue weighted by atomic mass is 15.3. The summed E-state index contributed by atoms with van der Waals surface area (Å²) in [6.07, 6.45) is 0. The van der Waals surface area contributed by atoms with E-state index < -0.39 is 0 Å². The zero-order valence-electron chi connectivity index (χ0n) is 5.18. The van der Waals surface area contributed by atoms with E-state index in [1.54, 1.807) is 0 Å². The maximum absolute atomic E-state index is 5.01. The molecule has 0 rings (SSSR count). The predicted octanol–water partition coefficient (Wildman–Crippen LogP) is -0.827. The summed E-state index contributed by atoms with van der Waals surface area (Å²) >= 11 is 0. The molecule has 8 heavy (non-hydrogen) atoms. The highest BCUT2D eigenvalue weighted by Crippen LogP contribution is 1.72. The fraction of sp³-hybridized carbons (Fsp3) is 0.750. The molecule has 0 saturated heterocycles. The van der Waals surface area contributed by atoms with Crippen LogP contribution in [0.4, 0.5) is 0 Å². The normalized spacial score (nSPS) is 8.88. The third kappa shape index (κ3) is 5.07. The summed E-state index contributed by atoms with van der Waals surface area (Å²) < 4.78 is 0. The topological polar surface area (TPSA) is 76.4 Å². The smallest absolute Gasteiger partial charge is 0.208 e. The first-order valence-corrected chi connectivity index (χ1v) is 2.47. The van der Waals surface area contributed by atoms with E-state index in [1.807, 2.05) is 13.8 Å². The molecule has 0 aromatic heterocycles. The van der Waals surface area contributed by atoms with E-state index >= 15 is 0 Å². The lowest BCUT2D eigenvalue weighted by molar-refractivity contribution is 0.619. The lowest BCUT2D eigenvalue weighted by Crippen LogP contribution is -2.28. The lowest BCUT2D eigenvalue weighted by Gasteiger charge is -2.01. The van der Waals surface area contributed by atoms with Crippen molar-refractivity contribution in [2.45, 2.75) is 19.9 Å². The summed E-state index contributed by atoms with van der Waals surface area (Å²) in [6.45, 7) is 3.90. The molecule has 0 atom stereocenters. The Bertz CT molecular complexity index is 82.0. The van der Waals surface area contributed by atoms with E-state index in [0.717, 1.165) is 0 Å². The molecule has 0 aliphatic heterocycles. The van der Waals surface area contributed by atoms with E-state index in [-0.39, 0.29) is 12.0 Å². The van der Waals surface area contributed by atoms with Crippen LogP contribution < -0.4 is 16.9 Å². The van der Waals surface area contributed by atoms with Crippen molar-refractivity contribution in [2.75, 3.05) is 0 Å². The minimum absolute atomic E-state index is 0.0682. The zero-order chi connectivity index (χ0) is 6.57. The first-order chi connectivity index (χ1) is 3.63. The van der Waals surface area contributed by atoms with Gasteiger partial charge < -0.3 is 16.9 Å². The van der Waals surface area contributed by atoms with Crippen LogP contribution in [0.3, 0.4) is 0 Å². The standard InChI is InChI=1S/C4H12N4/c1-3(2)7-8-4(5)6/h3,7H,1-2H3,(H4,5,6,8). The number of rotatable bonds is 2. The van der Waals surface area contributed by atoms with Crippen molar-refractivity contribution < 1.29 is 0 Å². The van der Waals surface area contributed by atoms with Crippen LogP contribution in [-0.4, -0.2) is 12.0 Å². The SMILES string of the molecule is CC(C)NN=C(N)N. The van der Waals surface area contributed by atoms with Crippen molar-refractivity contribution in [3.63, 3.8) is 0 Å². The summed E-state index contributed by atoms with van der Waals surface area (Å²) in [7, 11) is 0. The van der Waals surface area contributed by atoms with Gasteiger partial charge in [-0.25, -0.2) is 0 Å². The summed E-state index contributed by atoms with van der Waals surface area (Å²) in [5, 5.41) is 3.55. The molecule has 0 aromatic rings. The molecule has 5 N–H and O–H groups in total. The highest BCUT2D eigenvalue weighted by Gasteiger charge is 1.84. The molecule has 48 valence electrons. The van der Waals surface area contributed by atoms with E-state index in [2.05, 4.69) is 10.5 Å². The van der Waals surface area contributed by atoms with Crippen LogP contribution in [-0.2, 0) is 0 Å². The Morgan fingerprint density at radius 1 is 1.50 bits per heavy atom. The van der Waals surface area contributed by atoms with E-state index in [0.29, 0.717) is 0 Å². The van der Waals surface area contributed by atoms with Crippen LogP contribution in [0.1, 0.15) is 13.8 Å². The predicted molar refractivity (Wildman–Crippen MR) is 34.1 cm³/mol. The van der Waals surface area contributed by atoms with Crippen LogP contribution >= 0.6 is 0 Å². The molecule has 0 amide bonds. The largest absolute Gasteiger partial charge is 0.369 e. The van der Waals surface area contributed by atoms with Gasteiger partial charge in [-0.1, -0.05) is 0 Å². The lowest BCUT2D eigenvalue weighted by atomic mass is 10.4. The second kappa shape index (κ2) is 3.12. The first-order valence-electron chi connectivity index (χ1n) is 2.47. The number of hydrogen-bond acceptors (Lipinski definition) is 2. The molecule has 0 aliphatic rings. The van der Waals surface area contributed by atoms with Gasteiger partial charge in [0.05, 0.1) is 0 Å². The minimum atomic E-state index is 0.0682. The maximum Gasteiger partial charge on any atom is 0.208 e. The monoisotopic (exact) mass is 116 g/mol. The minimum Gasteiger partial charge on any atom is -0.369 e. The highest BCUT2D eigenvalue weighted by molar-refractivity contribution is 5.75. The van der Waals surface area contributed by atoms with Gasteiger partial charge in [0, 0.05) is 6.04 Å². The van der Waals surface area contributed by atoms with Crippen LogP contribution in [0, 0.1) is 0 Å². The molecule has 0 radical (unpaired) electrons. The number of nitrogens with one attached hydrogen (secondary N) is 1. The molecule has 0 heterocycles. The van der Waals surface area contributed by atoms with Gasteiger partial charge in [0.15, 0.2) is 0 Å².